The van der Waals surface area contributed by atoms with Gasteiger partial charge in [-0.2, -0.15) is 4.21 Å². The maximum Gasteiger partial charge on any atom is 0.328 e. The summed E-state index contributed by atoms with van der Waals surface area (Å²) in [4.78, 5) is 22.3. The van der Waals surface area contributed by atoms with Crippen LogP contribution >= 0.6 is 0 Å². The highest BCUT2D eigenvalue weighted by Crippen LogP contribution is 2.13. The van der Waals surface area contributed by atoms with Gasteiger partial charge in [0.15, 0.2) is 0 Å². The van der Waals surface area contributed by atoms with Crippen LogP contribution in [0.2, 0.25) is 0 Å². The third kappa shape index (κ3) is 4.93. The van der Waals surface area contributed by atoms with Gasteiger partial charge in [0.2, 0.25) is 0 Å². The van der Waals surface area contributed by atoms with E-state index in [9.17, 15) is 13.8 Å². The predicted octanol–water partition coefficient (Wildman–Crippen LogP) is 1.24. The molecule has 17 heavy (non-hydrogen) atoms. The summed E-state index contributed by atoms with van der Waals surface area (Å²) in [6.07, 6.45) is 4.19. The van der Waals surface area contributed by atoms with Gasteiger partial charge in [0, 0.05) is 12.8 Å². The Morgan fingerprint density at radius 1 is 1.18 bits per heavy atom. The molecule has 1 aliphatic rings. The van der Waals surface area contributed by atoms with E-state index in [2.05, 4.69) is 11.2 Å². The van der Waals surface area contributed by atoms with Crippen molar-refractivity contribution in [3.63, 3.8) is 0 Å². The lowest BCUT2D eigenvalue weighted by Gasteiger charge is -2.10. The normalized spacial score (nSPS) is 17.8. The molecule has 1 fully saturated rings. The summed E-state index contributed by atoms with van der Waals surface area (Å²) in [5.74, 6) is -0.948. The largest absolute Gasteiger partial charge is 0.328 e. The van der Waals surface area contributed by atoms with E-state index in [1.165, 1.54) is 0 Å². The van der Waals surface area contributed by atoms with Crippen molar-refractivity contribution in [2.75, 3.05) is 6.61 Å². The highest BCUT2D eigenvalue weighted by molar-refractivity contribution is 7.75. The first-order chi connectivity index (χ1) is 8.15. The Balaban J connectivity index is 2.16. The second-order valence-corrected chi connectivity index (χ2v) is 4.54. The van der Waals surface area contributed by atoms with E-state index in [0.29, 0.717) is 11.7 Å². The number of hydroxylamine groups is 2. The monoisotopic (exact) mass is 263 g/mol. The number of amides is 2. The molecule has 1 saturated heterocycles. The molecular weight excluding hydrogens is 246 g/mol. The van der Waals surface area contributed by atoms with Crippen LogP contribution < -0.4 is 0 Å². The van der Waals surface area contributed by atoms with Gasteiger partial charge >= 0.3 is 11.4 Å². The fourth-order valence-corrected chi connectivity index (χ4v) is 1.96. The Labute approximate surface area is 103 Å². The van der Waals surface area contributed by atoms with Crippen molar-refractivity contribution in [3.05, 3.63) is 0 Å². The van der Waals surface area contributed by atoms with Crippen molar-refractivity contribution in [3.8, 4) is 0 Å². The van der Waals surface area contributed by atoms with Crippen molar-refractivity contribution in [1.82, 2.24) is 5.06 Å². The number of hydrogen-bond donors (Lipinski definition) is 0. The summed E-state index contributed by atoms with van der Waals surface area (Å²) in [6, 6.07) is 0. The number of carbonyl (C=O) groups excluding carboxylic acids is 2. The number of unbranched alkanes of at least 4 members (excludes halogenated alkanes) is 3. The second-order valence-electron chi connectivity index (χ2n) is 3.74. The lowest BCUT2D eigenvalue weighted by atomic mass is 10.2. The molecule has 6 nitrogen and oxygen atoms in total. The van der Waals surface area contributed by atoms with Crippen LogP contribution in [0.3, 0.4) is 0 Å². The van der Waals surface area contributed by atoms with Crippen molar-refractivity contribution in [2.45, 2.75) is 45.4 Å². The van der Waals surface area contributed by atoms with Crippen molar-refractivity contribution in [1.29, 1.82) is 0 Å². The van der Waals surface area contributed by atoms with Gasteiger partial charge < -0.3 is 0 Å². The molecule has 2 amide bonds. The molecule has 0 aromatic heterocycles. The Bertz CT molecular complexity index is 291. The van der Waals surface area contributed by atoms with E-state index in [0.717, 1.165) is 25.7 Å². The molecule has 1 aliphatic heterocycles. The SMILES string of the molecule is CCCCCCOS(=O)ON1C(=O)CCC1=O. The summed E-state index contributed by atoms with van der Waals surface area (Å²) in [6.45, 7) is 2.38. The predicted molar refractivity (Wildman–Crippen MR) is 60.4 cm³/mol. The van der Waals surface area contributed by atoms with Gasteiger partial charge in [0.25, 0.3) is 11.8 Å². The third-order valence-electron chi connectivity index (χ3n) is 2.32. The number of hydrogen-bond acceptors (Lipinski definition) is 5. The van der Waals surface area contributed by atoms with Gasteiger partial charge in [-0.25, -0.2) is 0 Å². The fourth-order valence-electron chi connectivity index (χ4n) is 1.38. The number of rotatable bonds is 8. The molecule has 1 heterocycles. The maximum atomic E-state index is 11.2. The molecule has 7 heteroatoms. The van der Waals surface area contributed by atoms with Crippen LogP contribution in [0.5, 0.6) is 0 Å². The molecule has 0 aliphatic carbocycles. The first-order valence-electron chi connectivity index (χ1n) is 5.74. The lowest BCUT2D eigenvalue weighted by Crippen LogP contribution is -2.30. The molecule has 98 valence electrons. The topological polar surface area (TPSA) is 72.9 Å². The van der Waals surface area contributed by atoms with E-state index in [1.807, 2.05) is 0 Å². The van der Waals surface area contributed by atoms with Crippen LogP contribution in [-0.2, 0) is 29.4 Å². The summed E-state index contributed by atoms with van der Waals surface area (Å²) in [7, 11) is 0. The minimum Gasteiger partial charge on any atom is -0.272 e. The zero-order chi connectivity index (χ0) is 12.7. The average molecular weight is 263 g/mol. The molecule has 0 bridgehead atoms. The molecule has 0 spiro atoms. The van der Waals surface area contributed by atoms with Crippen LogP contribution in [0.1, 0.15) is 45.4 Å². The van der Waals surface area contributed by atoms with Crippen LogP contribution in [0.4, 0.5) is 0 Å². The van der Waals surface area contributed by atoms with Gasteiger partial charge in [-0.1, -0.05) is 26.2 Å². The molecule has 1 unspecified atom stereocenters. The lowest BCUT2D eigenvalue weighted by molar-refractivity contribution is -0.164. The van der Waals surface area contributed by atoms with Crippen molar-refractivity contribution in [2.24, 2.45) is 0 Å². The first-order valence-corrected chi connectivity index (χ1v) is 6.74. The Kier molecular flexibility index (Phi) is 6.31. The minimum absolute atomic E-state index is 0.104. The van der Waals surface area contributed by atoms with Gasteiger partial charge in [0.05, 0.1) is 6.61 Å². The number of nitrogens with zero attached hydrogens (tertiary/aromatic N) is 1. The highest BCUT2D eigenvalue weighted by Gasteiger charge is 2.32. The minimum atomic E-state index is -2.07. The van der Waals surface area contributed by atoms with Crippen molar-refractivity contribution >= 4 is 23.2 Å². The van der Waals surface area contributed by atoms with Crippen LogP contribution in [0.25, 0.3) is 0 Å². The van der Waals surface area contributed by atoms with Gasteiger partial charge in [0.1, 0.15) is 0 Å². The fraction of sp³-hybridized carbons (Fsp3) is 0.800. The summed E-state index contributed by atoms with van der Waals surface area (Å²) >= 11 is -2.07. The van der Waals surface area contributed by atoms with E-state index in [4.69, 9.17) is 4.18 Å². The van der Waals surface area contributed by atoms with Gasteiger partial charge in [-0.3, -0.25) is 13.8 Å². The molecule has 0 radical (unpaired) electrons. The van der Waals surface area contributed by atoms with Gasteiger partial charge in [-0.15, -0.1) is 9.35 Å². The highest BCUT2D eigenvalue weighted by atomic mass is 32.2. The molecule has 0 aromatic rings. The van der Waals surface area contributed by atoms with Gasteiger partial charge in [-0.05, 0) is 6.42 Å². The van der Waals surface area contributed by atoms with E-state index >= 15 is 0 Å². The number of carbonyl (C=O) groups is 2. The average Bonchev–Trinajstić information content (AvgIpc) is 2.60. The molecule has 1 rings (SSSR count). The molecule has 0 saturated carbocycles. The van der Waals surface area contributed by atoms with Crippen LogP contribution in [0, 0.1) is 0 Å². The van der Waals surface area contributed by atoms with E-state index in [-0.39, 0.29) is 12.8 Å². The summed E-state index contributed by atoms with van der Waals surface area (Å²) < 4.78 is 20.7. The second kappa shape index (κ2) is 7.52. The summed E-state index contributed by atoms with van der Waals surface area (Å²) in [5.41, 5.74) is 0. The Morgan fingerprint density at radius 3 is 2.41 bits per heavy atom. The molecular formula is C10H17NO5S. The van der Waals surface area contributed by atoms with Crippen molar-refractivity contribution < 1.29 is 22.3 Å². The third-order valence-corrected chi connectivity index (χ3v) is 2.95. The Hall–Kier alpha value is -0.790. The smallest absolute Gasteiger partial charge is 0.272 e. The maximum absolute atomic E-state index is 11.2. The first kappa shape index (κ1) is 14.3. The quantitative estimate of drug-likeness (QED) is 0.486. The molecule has 1 atom stereocenters. The van der Waals surface area contributed by atoms with Crippen LogP contribution in [-0.4, -0.2) is 27.7 Å². The zero-order valence-corrected chi connectivity index (χ0v) is 10.7. The van der Waals surface area contributed by atoms with E-state index < -0.39 is 23.2 Å². The Morgan fingerprint density at radius 2 is 1.82 bits per heavy atom. The summed E-state index contributed by atoms with van der Waals surface area (Å²) in [5, 5.41) is 0.530. The molecule has 0 N–H and O–H groups in total. The van der Waals surface area contributed by atoms with Crippen LogP contribution in [0.15, 0.2) is 0 Å². The number of imide groups is 1. The zero-order valence-electron chi connectivity index (χ0n) is 9.85. The standard InChI is InChI=1S/C10H17NO5S/c1-2-3-4-5-8-15-17(14)16-11-9(12)6-7-10(11)13/h2-8H2,1H3. The van der Waals surface area contributed by atoms with E-state index in [1.54, 1.807) is 0 Å². The molecule has 0 aromatic carbocycles.